The van der Waals surface area contributed by atoms with E-state index in [0.29, 0.717) is 19.5 Å². The zero-order chi connectivity index (χ0) is 20.2. The van der Waals surface area contributed by atoms with Gasteiger partial charge in [-0.3, -0.25) is 4.79 Å². The Hall–Kier alpha value is -3.26. The summed E-state index contributed by atoms with van der Waals surface area (Å²) in [5, 5.41) is 21.7. The molecule has 1 aromatic heterocycles. The molecule has 0 spiro atoms. The maximum atomic E-state index is 12.7. The number of hydrogen-bond acceptors (Lipinski definition) is 6. The van der Waals surface area contributed by atoms with Gasteiger partial charge in [0.25, 0.3) is 0 Å². The van der Waals surface area contributed by atoms with Crippen LogP contribution in [0.3, 0.4) is 0 Å². The fraction of sp³-hybridized carbons (Fsp3) is 0.333. The molecular weight excluding hydrogens is 370 g/mol. The monoisotopic (exact) mass is 393 g/mol. The third-order valence-electron chi connectivity index (χ3n) is 5.38. The molecule has 1 amide bonds. The molecule has 1 saturated heterocycles. The Kier molecular flexibility index (Phi) is 5.53. The van der Waals surface area contributed by atoms with Crippen LogP contribution in [0.4, 0.5) is 0 Å². The largest absolute Gasteiger partial charge is 0.497 e. The molecule has 1 aliphatic rings. The summed E-state index contributed by atoms with van der Waals surface area (Å²) in [6.45, 7) is 0.980. The quantitative estimate of drug-likeness (QED) is 0.708. The first kappa shape index (κ1) is 19.1. The molecule has 0 bridgehead atoms. The van der Waals surface area contributed by atoms with Crippen LogP contribution in [0.5, 0.6) is 5.75 Å². The van der Waals surface area contributed by atoms with Crippen molar-refractivity contribution in [3.8, 4) is 11.4 Å². The number of tetrazole rings is 1. The second-order valence-electron chi connectivity index (χ2n) is 7.17. The molecule has 2 aromatic carbocycles. The second kappa shape index (κ2) is 8.40. The van der Waals surface area contributed by atoms with E-state index in [1.54, 1.807) is 16.7 Å². The molecule has 0 saturated carbocycles. The lowest BCUT2D eigenvalue weighted by atomic mass is 9.87. The van der Waals surface area contributed by atoms with Gasteiger partial charge in [0, 0.05) is 19.0 Å². The van der Waals surface area contributed by atoms with Crippen LogP contribution in [0, 0.1) is 0 Å². The average molecular weight is 393 g/mol. The van der Waals surface area contributed by atoms with Crippen molar-refractivity contribution in [2.75, 3.05) is 20.2 Å². The third kappa shape index (κ3) is 4.27. The minimum absolute atomic E-state index is 0.0207. The van der Waals surface area contributed by atoms with Crippen molar-refractivity contribution in [2.45, 2.75) is 24.9 Å². The van der Waals surface area contributed by atoms with Gasteiger partial charge in [0.05, 0.1) is 25.3 Å². The maximum Gasteiger partial charge on any atom is 0.227 e. The van der Waals surface area contributed by atoms with Crippen LogP contribution in [-0.4, -0.2) is 62.4 Å². The molecular formula is C21H23N5O3. The van der Waals surface area contributed by atoms with E-state index in [-0.39, 0.29) is 11.8 Å². The number of hydrogen-bond donors (Lipinski definition) is 1. The van der Waals surface area contributed by atoms with E-state index in [9.17, 15) is 9.90 Å². The highest BCUT2D eigenvalue weighted by atomic mass is 16.5. The lowest BCUT2D eigenvalue weighted by Gasteiger charge is -2.36. The number of methoxy groups -OCH3 is 1. The van der Waals surface area contributed by atoms with Crippen LogP contribution in [-0.2, 0) is 11.2 Å². The first-order valence-electron chi connectivity index (χ1n) is 9.56. The SMILES string of the molecule is COc1ccc([C@@H]2CCN(C(=O)Cc3ccc(-n4cnnn4)cc3)C[C@H]2O)cc1. The molecule has 0 aliphatic carbocycles. The lowest BCUT2D eigenvalue weighted by molar-refractivity contribution is -0.134. The van der Waals surface area contributed by atoms with Gasteiger partial charge in [0.1, 0.15) is 12.1 Å². The van der Waals surface area contributed by atoms with E-state index in [4.69, 9.17) is 4.74 Å². The number of β-amino-alcohol motifs (C(OH)–C–C–N with tert-alkyl or cyclic N) is 1. The Labute approximate surface area is 168 Å². The van der Waals surface area contributed by atoms with Crippen molar-refractivity contribution < 1.29 is 14.6 Å². The number of aliphatic hydroxyl groups excluding tert-OH is 1. The van der Waals surface area contributed by atoms with Gasteiger partial charge >= 0.3 is 0 Å². The maximum absolute atomic E-state index is 12.7. The van der Waals surface area contributed by atoms with Gasteiger partial charge in [-0.25, -0.2) is 4.68 Å². The number of carbonyl (C=O) groups excluding carboxylic acids is 1. The van der Waals surface area contributed by atoms with E-state index in [0.717, 1.165) is 29.0 Å². The topological polar surface area (TPSA) is 93.4 Å². The summed E-state index contributed by atoms with van der Waals surface area (Å²) in [5.74, 6) is 0.842. The van der Waals surface area contributed by atoms with Gasteiger partial charge in [0.2, 0.25) is 5.91 Å². The van der Waals surface area contributed by atoms with Crippen molar-refractivity contribution in [1.82, 2.24) is 25.1 Å². The molecule has 1 N–H and O–H groups in total. The number of piperidine rings is 1. The molecule has 0 radical (unpaired) electrons. The summed E-state index contributed by atoms with van der Waals surface area (Å²) >= 11 is 0. The Morgan fingerprint density at radius 3 is 2.55 bits per heavy atom. The van der Waals surface area contributed by atoms with Gasteiger partial charge in [0.15, 0.2) is 0 Å². The van der Waals surface area contributed by atoms with Crippen molar-refractivity contribution in [2.24, 2.45) is 0 Å². The van der Waals surface area contributed by atoms with Crippen LogP contribution < -0.4 is 4.74 Å². The molecule has 29 heavy (non-hydrogen) atoms. The van der Waals surface area contributed by atoms with Gasteiger partial charge in [-0.15, -0.1) is 5.10 Å². The Balaban J connectivity index is 1.35. The number of aromatic nitrogens is 4. The van der Waals surface area contributed by atoms with E-state index < -0.39 is 6.10 Å². The molecule has 0 unspecified atom stereocenters. The number of benzene rings is 2. The van der Waals surface area contributed by atoms with Crippen LogP contribution >= 0.6 is 0 Å². The highest BCUT2D eigenvalue weighted by Gasteiger charge is 2.31. The van der Waals surface area contributed by atoms with Gasteiger partial charge in [-0.2, -0.15) is 0 Å². The van der Waals surface area contributed by atoms with E-state index >= 15 is 0 Å². The molecule has 1 fully saturated rings. The average Bonchev–Trinajstić information content (AvgIpc) is 3.29. The van der Waals surface area contributed by atoms with E-state index in [1.807, 2.05) is 48.5 Å². The smallest absolute Gasteiger partial charge is 0.227 e. The Morgan fingerprint density at radius 1 is 1.17 bits per heavy atom. The molecule has 4 rings (SSSR count). The van der Waals surface area contributed by atoms with Gasteiger partial charge in [-0.05, 0) is 52.2 Å². The highest BCUT2D eigenvalue weighted by Crippen LogP contribution is 2.30. The van der Waals surface area contributed by atoms with Gasteiger partial charge in [-0.1, -0.05) is 24.3 Å². The summed E-state index contributed by atoms with van der Waals surface area (Å²) in [7, 11) is 1.63. The number of aliphatic hydroxyl groups is 1. The molecule has 8 nitrogen and oxygen atoms in total. The summed E-state index contributed by atoms with van der Waals surface area (Å²) in [5.41, 5.74) is 2.82. The summed E-state index contributed by atoms with van der Waals surface area (Å²) in [6, 6.07) is 15.3. The minimum atomic E-state index is -0.580. The fourth-order valence-electron chi connectivity index (χ4n) is 3.73. The minimum Gasteiger partial charge on any atom is -0.497 e. The number of likely N-dealkylation sites (tertiary alicyclic amines) is 1. The van der Waals surface area contributed by atoms with Crippen molar-refractivity contribution in [1.29, 1.82) is 0 Å². The van der Waals surface area contributed by atoms with Crippen LogP contribution in [0.15, 0.2) is 54.9 Å². The number of carbonyl (C=O) groups is 1. The van der Waals surface area contributed by atoms with E-state index in [1.165, 1.54) is 6.33 Å². The van der Waals surface area contributed by atoms with Crippen LogP contribution in [0.2, 0.25) is 0 Å². The van der Waals surface area contributed by atoms with Gasteiger partial charge < -0.3 is 14.7 Å². The molecule has 150 valence electrons. The first-order chi connectivity index (χ1) is 14.1. The standard InChI is InChI=1S/C21H23N5O3/c1-29-18-8-4-16(5-9-18)19-10-11-25(13-20(19)27)21(28)12-15-2-6-17(7-3-15)26-14-22-23-24-26/h2-9,14,19-20,27H,10-13H2,1H3/t19-,20+/m0/s1. The number of ether oxygens (including phenoxy) is 1. The Morgan fingerprint density at radius 2 is 1.93 bits per heavy atom. The molecule has 1 aliphatic heterocycles. The normalized spacial score (nSPS) is 19.2. The summed E-state index contributed by atoms with van der Waals surface area (Å²) in [4.78, 5) is 14.5. The van der Waals surface area contributed by atoms with Crippen molar-refractivity contribution >= 4 is 5.91 Å². The second-order valence-corrected chi connectivity index (χ2v) is 7.17. The molecule has 3 aromatic rings. The third-order valence-corrected chi connectivity index (χ3v) is 5.38. The van der Waals surface area contributed by atoms with Crippen molar-refractivity contribution in [3.05, 3.63) is 66.0 Å². The lowest BCUT2D eigenvalue weighted by Crippen LogP contribution is -2.46. The fourth-order valence-corrected chi connectivity index (χ4v) is 3.73. The molecule has 2 atom stereocenters. The number of amides is 1. The number of rotatable bonds is 5. The van der Waals surface area contributed by atoms with Crippen LogP contribution in [0.25, 0.3) is 5.69 Å². The molecule has 2 heterocycles. The zero-order valence-electron chi connectivity index (χ0n) is 16.2. The predicted molar refractivity (Wildman–Crippen MR) is 106 cm³/mol. The predicted octanol–water partition coefficient (Wildman–Crippen LogP) is 1.59. The number of nitrogens with zero attached hydrogens (tertiary/aromatic N) is 5. The summed E-state index contributed by atoms with van der Waals surface area (Å²) < 4.78 is 6.75. The molecule has 8 heteroatoms. The highest BCUT2D eigenvalue weighted by molar-refractivity contribution is 5.79. The van der Waals surface area contributed by atoms with Crippen molar-refractivity contribution in [3.63, 3.8) is 0 Å². The van der Waals surface area contributed by atoms with Crippen LogP contribution in [0.1, 0.15) is 23.5 Å². The summed E-state index contributed by atoms with van der Waals surface area (Å²) in [6.07, 6.45) is 1.98. The Bertz CT molecular complexity index is 941. The first-order valence-corrected chi connectivity index (χ1v) is 9.56. The zero-order valence-corrected chi connectivity index (χ0v) is 16.2. The van der Waals surface area contributed by atoms with E-state index in [2.05, 4.69) is 15.5 Å².